The first kappa shape index (κ1) is 11.5. The molecule has 2 aromatic rings. The van der Waals surface area contributed by atoms with Gasteiger partial charge in [-0.2, -0.15) is 0 Å². The lowest BCUT2D eigenvalue weighted by molar-refractivity contribution is 1.08. The minimum Gasteiger partial charge on any atom is -0.396 e. The Balaban J connectivity index is 2.09. The van der Waals surface area contributed by atoms with Crippen LogP contribution in [0.25, 0.3) is 0 Å². The smallest absolute Gasteiger partial charge is 0.149 e. The normalized spacial score (nSPS) is 10.2. The molecule has 0 unspecified atom stereocenters. The molecule has 3 nitrogen and oxygen atoms in total. The van der Waals surface area contributed by atoms with Crippen LogP contribution in [0.2, 0.25) is 0 Å². The molecule has 0 aliphatic rings. The summed E-state index contributed by atoms with van der Waals surface area (Å²) in [6.45, 7) is 2.83. The summed E-state index contributed by atoms with van der Waals surface area (Å²) in [6.07, 6.45) is 2.72. The Labute approximate surface area is 102 Å². The molecule has 1 aromatic heterocycles. The maximum atomic E-state index is 6.03. The van der Waals surface area contributed by atoms with E-state index in [1.807, 2.05) is 24.3 Å². The summed E-state index contributed by atoms with van der Waals surface area (Å²) in [5.41, 5.74) is 9.14. The summed E-state index contributed by atoms with van der Waals surface area (Å²) >= 11 is 0. The Kier molecular flexibility index (Phi) is 3.60. The van der Waals surface area contributed by atoms with E-state index < -0.39 is 0 Å². The molecule has 88 valence electrons. The number of benzene rings is 1. The van der Waals surface area contributed by atoms with Crippen LogP contribution in [0.4, 0.5) is 11.5 Å². The van der Waals surface area contributed by atoms with Gasteiger partial charge in [-0.15, -0.1) is 0 Å². The van der Waals surface area contributed by atoms with Crippen molar-refractivity contribution in [2.75, 3.05) is 11.1 Å². The molecule has 3 N–H and O–H groups in total. The Morgan fingerprint density at radius 1 is 1.18 bits per heavy atom. The number of rotatable bonds is 4. The summed E-state index contributed by atoms with van der Waals surface area (Å²) in [6, 6.07) is 12.2. The minimum absolute atomic E-state index is 0.741. The van der Waals surface area contributed by atoms with Crippen LogP contribution in [0, 0.1) is 0 Å². The number of anilines is 2. The zero-order valence-electron chi connectivity index (χ0n) is 9.98. The van der Waals surface area contributed by atoms with Gasteiger partial charge in [0, 0.05) is 12.7 Å². The number of hydrogen-bond acceptors (Lipinski definition) is 3. The van der Waals surface area contributed by atoms with E-state index in [4.69, 9.17) is 5.73 Å². The van der Waals surface area contributed by atoms with Gasteiger partial charge in [-0.25, -0.2) is 4.98 Å². The molecule has 1 heterocycles. The summed E-state index contributed by atoms with van der Waals surface area (Å²) in [7, 11) is 0. The van der Waals surface area contributed by atoms with Crippen LogP contribution in [-0.4, -0.2) is 4.98 Å². The minimum atomic E-state index is 0.741. The Hall–Kier alpha value is -2.03. The van der Waals surface area contributed by atoms with E-state index in [-0.39, 0.29) is 0 Å². The quantitative estimate of drug-likeness (QED) is 0.844. The number of pyridine rings is 1. The van der Waals surface area contributed by atoms with Gasteiger partial charge in [-0.05, 0) is 23.6 Å². The topological polar surface area (TPSA) is 50.9 Å². The molecular formula is C14H17N3. The van der Waals surface area contributed by atoms with Gasteiger partial charge in [0.25, 0.3) is 0 Å². The Bertz CT molecular complexity index is 480. The third-order valence-corrected chi connectivity index (χ3v) is 2.76. The van der Waals surface area contributed by atoms with Crippen LogP contribution in [0.15, 0.2) is 42.6 Å². The monoisotopic (exact) mass is 227 g/mol. The zero-order valence-corrected chi connectivity index (χ0v) is 9.98. The van der Waals surface area contributed by atoms with Crippen molar-refractivity contribution >= 4 is 11.5 Å². The predicted molar refractivity (Wildman–Crippen MR) is 71.8 cm³/mol. The van der Waals surface area contributed by atoms with Crippen LogP contribution in [0.3, 0.4) is 0 Å². The van der Waals surface area contributed by atoms with Crippen molar-refractivity contribution in [2.45, 2.75) is 19.9 Å². The number of nitrogens with zero attached hydrogens (tertiary/aromatic N) is 1. The molecule has 2 rings (SSSR count). The average Bonchev–Trinajstić information content (AvgIpc) is 2.39. The van der Waals surface area contributed by atoms with E-state index in [1.54, 1.807) is 6.20 Å². The van der Waals surface area contributed by atoms with Crippen molar-refractivity contribution in [1.29, 1.82) is 0 Å². The highest BCUT2D eigenvalue weighted by molar-refractivity contribution is 5.65. The van der Waals surface area contributed by atoms with Crippen LogP contribution in [-0.2, 0) is 13.0 Å². The van der Waals surface area contributed by atoms with Gasteiger partial charge in [0.1, 0.15) is 5.82 Å². The number of hydrogen-bond donors (Lipinski definition) is 2. The second-order valence-electron chi connectivity index (χ2n) is 3.93. The van der Waals surface area contributed by atoms with Crippen molar-refractivity contribution in [2.24, 2.45) is 0 Å². The van der Waals surface area contributed by atoms with E-state index in [0.717, 1.165) is 30.0 Å². The number of aromatic nitrogens is 1. The first-order valence-corrected chi connectivity index (χ1v) is 5.82. The molecule has 0 spiro atoms. The molecule has 17 heavy (non-hydrogen) atoms. The van der Waals surface area contributed by atoms with Crippen molar-refractivity contribution in [1.82, 2.24) is 4.98 Å². The van der Waals surface area contributed by atoms with Crippen LogP contribution >= 0.6 is 0 Å². The van der Waals surface area contributed by atoms with E-state index >= 15 is 0 Å². The third-order valence-electron chi connectivity index (χ3n) is 2.76. The van der Waals surface area contributed by atoms with E-state index in [2.05, 4.69) is 29.4 Å². The van der Waals surface area contributed by atoms with Gasteiger partial charge >= 0.3 is 0 Å². The first-order chi connectivity index (χ1) is 8.31. The predicted octanol–water partition coefficient (Wildman–Crippen LogP) is 2.84. The highest BCUT2D eigenvalue weighted by Crippen LogP contribution is 2.20. The fraction of sp³-hybridized carbons (Fsp3) is 0.214. The van der Waals surface area contributed by atoms with Crippen molar-refractivity contribution in [3.8, 4) is 0 Å². The van der Waals surface area contributed by atoms with Gasteiger partial charge in [0.15, 0.2) is 0 Å². The molecular weight excluding hydrogens is 210 g/mol. The second kappa shape index (κ2) is 5.34. The van der Waals surface area contributed by atoms with Gasteiger partial charge in [0.2, 0.25) is 0 Å². The highest BCUT2D eigenvalue weighted by Gasteiger charge is 2.04. The van der Waals surface area contributed by atoms with Crippen molar-refractivity contribution in [3.63, 3.8) is 0 Å². The molecule has 0 bridgehead atoms. The molecule has 0 fully saturated rings. The molecule has 0 radical (unpaired) electrons. The Morgan fingerprint density at radius 3 is 2.65 bits per heavy atom. The average molecular weight is 227 g/mol. The molecule has 0 atom stereocenters. The maximum Gasteiger partial charge on any atom is 0.149 e. The number of nitrogens with two attached hydrogens (primary N) is 1. The summed E-state index contributed by atoms with van der Waals surface area (Å²) in [4.78, 5) is 4.27. The molecule has 3 heteroatoms. The zero-order chi connectivity index (χ0) is 12.1. The van der Waals surface area contributed by atoms with E-state index in [0.29, 0.717) is 0 Å². The third kappa shape index (κ3) is 2.75. The standard InChI is InChI=1S/C14H17N3/c1-2-12-8-9-16-14(13(12)15)17-10-11-6-4-3-5-7-11/h3-9H,2,10,15H2,1H3,(H,16,17). The fourth-order valence-corrected chi connectivity index (χ4v) is 1.74. The lowest BCUT2D eigenvalue weighted by atomic mass is 10.1. The summed E-state index contributed by atoms with van der Waals surface area (Å²) in [5, 5.41) is 3.27. The van der Waals surface area contributed by atoms with E-state index in [9.17, 15) is 0 Å². The summed E-state index contributed by atoms with van der Waals surface area (Å²) in [5.74, 6) is 0.771. The molecule has 0 aliphatic carbocycles. The van der Waals surface area contributed by atoms with Crippen molar-refractivity contribution in [3.05, 3.63) is 53.7 Å². The van der Waals surface area contributed by atoms with Gasteiger partial charge in [-0.1, -0.05) is 37.3 Å². The van der Waals surface area contributed by atoms with Crippen LogP contribution in [0.5, 0.6) is 0 Å². The highest BCUT2D eigenvalue weighted by atomic mass is 15.0. The van der Waals surface area contributed by atoms with Crippen molar-refractivity contribution < 1.29 is 0 Å². The molecule has 0 saturated heterocycles. The molecule has 0 saturated carbocycles. The SMILES string of the molecule is CCc1ccnc(NCc2ccccc2)c1N. The first-order valence-electron chi connectivity index (χ1n) is 5.82. The second-order valence-corrected chi connectivity index (χ2v) is 3.93. The van der Waals surface area contributed by atoms with Gasteiger partial charge < -0.3 is 11.1 Å². The number of nitrogen functional groups attached to an aromatic ring is 1. The van der Waals surface area contributed by atoms with Gasteiger partial charge in [-0.3, -0.25) is 0 Å². The van der Waals surface area contributed by atoms with Gasteiger partial charge in [0.05, 0.1) is 5.69 Å². The maximum absolute atomic E-state index is 6.03. The Morgan fingerprint density at radius 2 is 1.94 bits per heavy atom. The largest absolute Gasteiger partial charge is 0.396 e. The summed E-state index contributed by atoms with van der Waals surface area (Å²) < 4.78 is 0. The molecule has 1 aromatic carbocycles. The number of nitrogens with one attached hydrogen (secondary N) is 1. The fourth-order valence-electron chi connectivity index (χ4n) is 1.74. The lowest BCUT2D eigenvalue weighted by Crippen LogP contribution is -2.06. The number of aryl methyl sites for hydroxylation is 1. The molecule has 0 amide bonds. The van der Waals surface area contributed by atoms with E-state index in [1.165, 1.54) is 5.56 Å². The lowest BCUT2D eigenvalue weighted by Gasteiger charge is -2.10. The van der Waals surface area contributed by atoms with Crippen LogP contribution in [0.1, 0.15) is 18.1 Å². The molecule has 0 aliphatic heterocycles. The van der Waals surface area contributed by atoms with Crippen LogP contribution < -0.4 is 11.1 Å².